The average Bonchev–Trinajstić information content (AvgIpc) is 2.87. The van der Waals surface area contributed by atoms with Gasteiger partial charge in [-0.25, -0.2) is 0 Å². The molecule has 0 radical (unpaired) electrons. The first-order valence-corrected chi connectivity index (χ1v) is 6.15. The maximum atomic E-state index is 8.72. The van der Waals surface area contributed by atoms with E-state index in [-0.39, 0.29) is 11.8 Å². The van der Waals surface area contributed by atoms with Crippen LogP contribution in [0.1, 0.15) is 22.9 Å². The highest BCUT2D eigenvalue weighted by Gasteiger charge is 2.30. The van der Waals surface area contributed by atoms with E-state index in [1.165, 1.54) is 0 Å². The molecule has 0 bridgehead atoms. The number of nitrogens with zero attached hydrogens (tertiary/aromatic N) is 3. The van der Waals surface area contributed by atoms with Crippen molar-refractivity contribution in [1.82, 2.24) is 10.2 Å². The van der Waals surface area contributed by atoms with Crippen LogP contribution in [0.3, 0.4) is 0 Å². The van der Waals surface area contributed by atoms with Gasteiger partial charge in [0.2, 0.25) is 5.89 Å². The SMILES string of the molecule is C=C(c1ccc(C#N)cc1)c1nnc(C(Cl)(Cl)Cl)o1. The van der Waals surface area contributed by atoms with Crippen molar-refractivity contribution >= 4 is 40.4 Å². The van der Waals surface area contributed by atoms with Crippen LogP contribution in [0.4, 0.5) is 0 Å². The molecule has 0 amide bonds. The first kappa shape index (κ1) is 13.9. The fourth-order valence-electron chi connectivity index (χ4n) is 1.33. The van der Waals surface area contributed by atoms with Crippen LogP contribution in [0.25, 0.3) is 5.57 Å². The Labute approximate surface area is 124 Å². The van der Waals surface area contributed by atoms with Gasteiger partial charge in [0.1, 0.15) is 0 Å². The molecule has 0 N–H and O–H groups in total. The highest BCUT2D eigenvalue weighted by Crippen LogP contribution is 2.37. The average molecular weight is 315 g/mol. The van der Waals surface area contributed by atoms with Crippen LogP contribution in [-0.2, 0) is 3.79 Å². The topological polar surface area (TPSA) is 62.7 Å². The minimum Gasteiger partial charge on any atom is -0.416 e. The van der Waals surface area contributed by atoms with Gasteiger partial charge < -0.3 is 4.42 Å². The zero-order valence-corrected chi connectivity index (χ0v) is 11.7. The standard InChI is InChI=1S/C12H6Cl3N3O/c1-7(9-4-2-8(6-16)3-5-9)10-17-18-11(19-10)12(13,14)15/h2-5H,1H2. The summed E-state index contributed by atoms with van der Waals surface area (Å²) >= 11 is 16.9. The molecule has 0 aliphatic heterocycles. The number of aromatic nitrogens is 2. The van der Waals surface area contributed by atoms with Crippen LogP contribution < -0.4 is 0 Å². The lowest BCUT2D eigenvalue weighted by Crippen LogP contribution is -1.99. The van der Waals surface area contributed by atoms with Gasteiger partial charge in [-0.15, -0.1) is 10.2 Å². The first-order valence-electron chi connectivity index (χ1n) is 5.02. The highest BCUT2D eigenvalue weighted by molar-refractivity contribution is 6.66. The van der Waals surface area contributed by atoms with E-state index in [1.54, 1.807) is 24.3 Å². The van der Waals surface area contributed by atoms with Crippen molar-refractivity contribution in [3.63, 3.8) is 0 Å². The molecule has 1 heterocycles. The normalized spacial score (nSPS) is 11.1. The van der Waals surface area contributed by atoms with Gasteiger partial charge in [-0.1, -0.05) is 53.5 Å². The fraction of sp³-hybridized carbons (Fsp3) is 0.0833. The van der Waals surface area contributed by atoms with Gasteiger partial charge in [0.15, 0.2) is 0 Å². The van der Waals surface area contributed by atoms with Crippen LogP contribution in [-0.4, -0.2) is 10.2 Å². The molecule has 19 heavy (non-hydrogen) atoms. The largest absolute Gasteiger partial charge is 0.416 e. The van der Waals surface area contributed by atoms with Crippen molar-refractivity contribution < 1.29 is 4.42 Å². The van der Waals surface area contributed by atoms with Gasteiger partial charge in [0.05, 0.1) is 11.6 Å². The molecule has 4 nitrogen and oxygen atoms in total. The molecule has 0 atom stereocenters. The number of halogens is 3. The van der Waals surface area contributed by atoms with Gasteiger partial charge in [0, 0.05) is 5.57 Å². The molecule has 0 spiro atoms. The minimum atomic E-state index is -1.77. The second-order valence-electron chi connectivity index (χ2n) is 3.58. The van der Waals surface area contributed by atoms with Crippen molar-refractivity contribution in [1.29, 1.82) is 5.26 Å². The number of nitriles is 1. The van der Waals surface area contributed by atoms with Gasteiger partial charge in [0.25, 0.3) is 9.68 Å². The monoisotopic (exact) mass is 313 g/mol. The summed E-state index contributed by atoms with van der Waals surface area (Å²) in [5, 5.41) is 16.1. The summed E-state index contributed by atoms with van der Waals surface area (Å²) in [6, 6.07) is 8.79. The van der Waals surface area contributed by atoms with E-state index >= 15 is 0 Å². The van der Waals surface area contributed by atoms with Gasteiger partial charge in [-0.3, -0.25) is 0 Å². The summed E-state index contributed by atoms with van der Waals surface area (Å²) in [5.41, 5.74) is 1.76. The fourth-order valence-corrected chi connectivity index (χ4v) is 1.56. The van der Waals surface area contributed by atoms with E-state index in [4.69, 9.17) is 44.5 Å². The van der Waals surface area contributed by atoms with E-state index < -0.39 is 3.79 Å². The molecule has 0 saturated carbocycles. The van der Waals surface area contributed by atoms with Crippen molar-refractivity contribution in [2.75, 3.05) is 0 Å². The Kier molecular flexibility index (Phi) is 3.81. The second kappa shape index (κ2) is 5.22. The number of alkyl halides is 3. The molecule has 2 aromatic rings. The summed E-state index contributed by atoms with van der Waals surface area (Å²) in [5.74, 6) is 0.0355. The molecular formula is C12H6Cl3N3O. The number of benzene rings is 1. The molecule has 1 aromatic heterocycles. The Morgan fingerprint density at radius 3 is 2.32 bits per heavy atom. The summed E-state index contributed by atoms with van der Waals surface area (Å²) in [6.07, 6.45) is 0. The predicted molar refractivity (Wildman–Crippen MR) is 72.8 cm³/mol. The van der Waals surface area contributed by atoms with Crippen molar-refractivity contribution in [2.45, 2.75) is 3.79 Å². The zero-order chi connectivity index (χ0) is 14.0. The Balaban J connectivity index is 2.29. The number of hydrogen-bond donors (Lipinski definition) is 0. The Morgan fingerprint density at radius 1 is 1.21 bits per heavy atom. The lowest BCUT2D eigenvalue weighted by molar-refractivity contribution is 0.490. The minimum absolute atomic E-state index is 0.123. The lowest BCUT2D eigenvalue weighted by Gasteiger charge is -2.03. The van der Waals surface area contributed by atoms with E-state index in [0.717, 1.165) is 5.56 Å². The van der Waals surface area contributed by atoms with Crippen LogP contribution >= 0.6 is 34.8 Å². The quantitative estimate of drug-likeness (QED) is 0.790. The van der Waals surface area contributed by atoms with E-state index in [1.807, 2.05) is 6.07 Å². The smallest absolute Gasteiger partial charge is 0.268 e. The molecule has 96 valence electrons. The maximum absolute atomic E-state index is 8.72. The Morgan fingerprint density at radius 2 is 1.84 bits per heavy atom. The second-order valence-corrected chi connectivity index (χ2v) is 5.86. The number of rotatable bonds is 2. The Hall–Kier alpha value is -1.54. The first-order chi connectivity index (χ1) is 8.91. The van der Waals surface area contributed by atoms with Gasteiger partial charge >= 0.3 is 0 Å². The number of hydrogen-bond acceptors (Lipinski definition) is 4. The molecule has 0 saturated heterocycles. The van der Waals surface area contributed by atoms with E-state index in [2.05, 4.69) is 16.8 Å². The third-order valence-electron chi connectivity index (χ3n) is 2.29. The summed E-state index contributed by atoms with van der Waals surface area (Å²) in [4.78, 5) is 0. The summed E-state index contributed by atoms with van der Waals surface area (Å²) < 4.78 is 3.47. The summed E-state index contributed by atoms with van der Waals surface area (Å²) in [6.45, 7) is 3.84. The highest BCUT2D eigenvalue weighted by atomic mass is 35.6. The summed E-state index contributed by atoms with van der Waals surface area (Å²) in [7, 11) is 0. The lowest BCUT2D eigenvalue weighted by atomic mass is 10.1. The molecule has 0 unspecified atom stereocenters. The molecule has 2 rings (SSSR count). The van der Waals surface area contributed by atoms with E-state index in [9.17, 15) is 0 Å². The molecule has 0 fully saturated rings. The van der Waals surface area contributed by atoms with Gasteiger partial charge in [-0.2, -0.15) is 5.26 Å². The van der Waals surface area contributed by atoms with Gasteiger partial charge in [-0.05, 0) is 17.7 Å². The molecule has 0 aliphatic carbocycles. The molecule has 0 aliphatic rings. The van der Waals surface area contributed by atoms with Crippen LogP contribution in [0.2, 0.25) is 0 Å². The van der Waals surface area contributed by atoms with Crippen molar-refractivity contribution in [2.24, 2.45) is 0 Å². The Bertz CT molecular complexity index is 650. The van der Waals surface area contributed by atoms with Crippen LogP contribution in [0.15, 0.2) is 35.3 Å². The zero-order valence-electron chi connectivity index (χ0n) is 9.40. The third kappa shape index (κ3) is 3.07. The van der Waals surface area contributed by atoms with Crippen LogP contribution in [0.5, 0.6) is 0 Å². The van der Waals surface area contributed by atoms with Crippen molar-refractivity contribution in [3.05, 3.63) is 53.8 Å². The van der Waals surface area contributed by atoms with Crippen molar-refractivity contribution in [3.8, 4) is 6.07 Å². The molecule has 7 heteroatoms. The molecule has 1 aromatic carbocycles. The maximum Gasteiger partial charge on any atom is 0.268 e. The molecular weight excluding hydrogens is 309 g/mol. The van der Waals surface area contributed by atoms with Crippen LogP contribution in [0, 0.1) is 11.3 Å². The third-order valence-corrected chi connectivity index (χ3v) is 2.77. The van der Waals surface area contributed by atoms with E-state index in [0.29, 0.717) is 11.1 Å². The predicted octanol–water partition coefficient (Wildman–Crippen LogP) is 3.83.